The van der Waals surface area contributed by atoms with E-state index in [4.69, 9.17) is 4.74 Å². The van der Waals surface area contributed by atoms with Crippen LogP contribution in [0.4, 0.5) is 4.79 Å². The van der Waals surface area contributed by atoms with E-state index in [1.165, 1.54) is 18.2 Å². The summed E-state index contributed by atoms with van der Waals surface area (Å²) in [5.41, 5.74) is 3.57. The van der Waals surface area contributed by atoms with Crippen molar-refractivity contribution in [1.82, 2.24) is 4.90 Å². The van der Waals surface area contributed by atoms with Crippen molar-refractivity contribution in [3.05, 3.63) is 71.3 Å². The topological polar surface area (TPSA) is 29.5 Å². The van der Waals surface area contributed by atoms with Crippen molar-refractivity contribution >= 4 is 6.09 Å². The molecule has 2 rings (SSSR count). The van der Waals surface area contributed by atoms with Gasteiger partial charge in [-0.25, -0.2) is 4.79 Å². The second-order valence-corrected chi connectivity index (χ2v) is 5.11. The lowest BCUT2D eigenvalue weighted by molar-refractivity contribution is 0.121. The number of hydrogen-bond acceptors (Lipinski definition) is 2. The molecule has 0 fully saturated rings. The van der Waals surface area contributed by atoms with E-state index in [1.54, 1.807) is 4.90 Å². The minimum Gasteiger partial charge on any atom is -0.453 e. The average Bonchev–Trinajstić information content (AvgIpc) is 2.53. The van der Waals surface area contributed by atoms with Crippen molar-refractivity contribution in [2.75, 3.05) is 13.7 Å². The van der Waals surface area contributed by atoms with Crippen molar-refractivity contribution < 1.29 is 9.53 Å². The molecule has 0 heterocycles. The maximum Gasteiger partial charge on any atom is 0.409 e. The zero-order valence-electron chi connectivity index (χ0n) is 12.6. The SMILES string of the molecule is COC(=O)N(CCc1ccc(C)cc1)Cc1ccccc1. The maximum absolute atomic E-state index is 11.9. The first-order valence-electron chi connectivity index (χ1n) is 7.11. The fourth-order valence-corrected chi connectivity index (χ4v) is 2.19. The van der Waals surface area contributed by atoms with Gasteiger partial charge in [0.1, 0.15) is 0 Å². The van der Waals surface area contributed by atoms with Gasteiger partial charge in [0.05, 0.1) is 7.11 Å². The summed E-state index contributed by atoms with van der Waals surface area (Å²) in [4.78, 5) is 13.6. The largest absolute Gasteiger partial charge is 0.453 e. The lowest BCUT2D eigenvalue weighted by Crippen LogP contribution is -2.32. The lowest BCUT2D eigenvalue weighted by atomic mass is 10.1. The van der Waals surface area contributed by atoms with Gasteiger partial charge >= 0.3 is 6.09 Å². The number of benzene rings is 2. The molecule has 0 saturated heterocycles. The number of nitrogens with zero attached hydrogens (tertiary/aromatic N) is 1. The van der Waals surface area contributed by atoms with E-state index >= 15 is 0 Å². The number of hydrogen-bond donors (Lipinski definition) is 0. The van der Waals surface area contributed by atoms with Gasteiger partial charge in [0.2, 0.25) is 0 Å². The predicted molar refractivity (Wildman–Crippen MR) is 84.1 cm³/mol. The number of aryl methyl sites for hydroxylation is 1. The highest BCUT2D eigenvalue weighted by Crippen LogP contribution is 2.09. The predicted octanol–water partition coefficient (Wildman–Crippen LogP) is 3.81. The van der Waals surface area contributed by atoms with Crippen LogP contribution in [0.15, 0.2) is 54.6 Å². The first-order valence-corrected chi connectivity index (χ1v) is 7.11. The molecule has 0 bridgehead atoms. The third-order valence-corrected chi connectivity index (χ3v) is 3.44. The molecule has 0 atom stereocenters. The summed E-state index contributed by atoms with van der Waals surface area (Å²) in [7, 11) is 1.42. The molecule has 21 heavy (non-hydrogen) atoms. The molecule has 2 aromatic rings. The Morgan fingerprint density at radius 1 is 1.00 bits per heavy atom. The molecule has 2 aromatic carbocycles. The summed E-state index contributed by atoms with van der Waals surface area (Å²) in [5, 5.41) is 0. The Kier molecular flexibility index (Phi) is 5.38. The quantitative estimate of drug-likeness (QED) is 0.835. The molecule has 110 valence electrons. The molecule has 1 amide bonds. The van der Waals surface area contributed by atoms with Crippen molar-refractivity contribution in [1.29, 1.82) is 0 Å². The van der Waals surface area contributed by atoms with Gasteiger partial charge in [0.25, 0.3) is 0 Å². The lowest BCUT2D eigenvalue weighted by Gasteiger charge is -2.21. The van der Waals surface area contributed by atoms with Gasteiger partial charge in [-0.15, -0.1) is 0 Å². The third-order valence-electron chi connectivity index (χ3n) is 3.44. The molecule has 0 saturated carbocycles. The molecule has 3 heteroatoms. The van der Waals surface area contributed by atoms with Gasteiger partial charge in [-0.05, 0) is 24.5 Å². The molecular formula is C18H21NO2. The van der Waals surface area contributed by atoms with Crippen LogP contribution in [0.5, 0.6) is 0 Å². The summed E-state index contributed by atoms with van der Waals surface area (Å²) in [6.45, 7) is 3.28. The Labute approximate surface area is 126 Å². The summed E-state index contributed by atoms with van der Waals surface area (Å²) in [6, 6.07) is 18.3. The number of carbonyl (C=O) groups is 1. The highest BCUT2D eigenvalue weighted by atomic mass is 16.5. The molecule has 0 unspecified atom stereocenters. The second kappa shape index (κ2) is 7.48. The molecule has 0 aliphatic heterocycles. The Bertz CT molecular complexity index is 564. The van der Waals surface area contributed by atoms with Crippen LogP contribution >= 0.6 is 0 Å². The van der Waals surface area contributed by atoms with E-state index in [2.05, 4.69) is 31.2 Å². The standard InChI is InChI=1S/C18H21NO2/c1-15-8-10-16(11-9-15)12-13-19(18(20)21-2)14-17-6-4-3-5-7-17/h3-11H,12-14H2,1-2H3. The van der Waals surface area contributed by atoms with Gasteiger partial charge in [-0.1, -0.05) is 60.2 Å². The van der Waals surface area contributed by atoms with Crippen molar-refractivity contribution in [2.45, 2.75) is 19.9 Å². The highest BCUT2D eigenvalue weighted by molar-refractivity contribution is 5.67. The summed E-state index contributed by atoms with van der Waals surface area (Å²) < 4.78 is 4.88. The van der Waals surface area contributed by atoms with E-state index in [0.29, 0.717) is 13.1 Å². The van der Waals surface area contributed by atoms with Crippen LogP contribution in [0.3, 0.4) is 0 Å². The fraction of sp³-hybridized carbons (Fsp3) is 0.278. The monoisotopic (exact) mass is 283 g/mol. The first-order chi connectivity index (χ1) is 10.2. The summed E-state index contributed by atoms with van der Waals surface area (Å²) in [5.74, 6) is 0. The van der Waals surface area contributed by atoms with E-state index < -0.39 is 0 Å². The number of methoxy groups -OCH3 is 1. The van der Waals surface area contributed by atoms with Crippen LogP contribution in [-0.2, 0) is 17.7 Å². The van der Waals surface area contributed by atoms with E-state index in [1.807, 2.05) is 30.3 Å². The Hall–Kier alpha value is -2.29. The number of carbonyl (C=O) groups excluding carboxylic acids is 1. The van der Waals surface area contributed by atoms with E-state index in [9.17, 15) is 4.79 Å². The Morgan fingerprint density at radius 3 is 2.29 bits per heavy atom. The van der Waals surface area contributed by atoms with Gasteiger partial charge in [0.15, 0.2) is 0 Å². The van der Waals surface area contributed by atoms with Gasteiger partial charge in [0, 0.05) is 13.1 Å². The van der Waals surface area contributed by atoms with E-state index in [-0.39, 0.29) is 6.09 Å². The van der Waals surface area contributed by atoms with Gasteiger partial charge in [-0.2, -0.15) is 0 Å². The Morgan fingerprint density at radius 2 is 1.67 bits per heavy atom. The minimum absolute atomic E-state index is 0.286. The molecule has 0 aromatic heterocycles. The molecule has 0 spiro atoms. The van der Waals surface area contributed by atoms with Crippen molar-refractivity contribution in [2.24, 2.45) is 0 Å². The van der Waals surface area contributed by atoms with E-state index in [0.717, 1.165) is 12.0 Å². The van der Waals surface area contributed by atoms with Crippen LogP contribution in [0.2, 0.25) is 0 Å². The fourth-order valence-electron chi connectivity index (χ4n) is 2.19. The smallest absolute Gasteiger partial charge is 0.409 e. The normalized spacial score (nSPS) is 10.2. The number of ether oxygens (including phenoxy) is 1. The van der Waals surface area contributed by atoms with Crippen LogP contribution in [0.25, 0.3) is 0 Å². The van der Waals surface area contributed by atoms with Crippen LogP contribution < -0.4 is 0 Å². The summed E-state index contributed by atoms with van der Waals surface area (Å²) >= 11 is 0. The van der Waals surface area contributed by atoms with Crippen molar-refractivity contribution in [3.63, 3.8) is 0 Å². The van der Waals surface area contributed by atoms with Crippen LogP contribution in [-0.4, -0.2) is 24.6 Å². The molecule has 0 radical (unpaired) electrons. The zero-order valence-corrected chi connectivity index (χ0v) is 12.6. The highest BCUT2D eigenvalue weighted by Gasteiger charge is 2.14. The Balaban J connectivity index is 1.99. The molecule has 0 aliphatic rings. The maximum atomic E-state index is 11.9. The van der Waals surface area contributed by atoms with Crippen LogP contribution in [0, 0.1) is 6.92 Å². The van der Waals surface area contributed by atoms with Gasteiger partial charge < -0.3 is 9.64 Å². The first kappa shape index (κ1) is 15.1. The molecule has 0 N–H and O–H groups in total. The second-order valence-electron chi connectivity index (χ2n) is 5.11. The minimum atomic E-state index is -0.286. The van der Waals surface area contributed by atoms with Crippen molar-refractivity contribution in [3.8, 4) is 0 Å². The third kappa shape index (κ3) is 4.63. The van der Waals surface area contributed by atoms with Crippen LogP contribution in [0.1, 0.15) is 16.7 Å². The molecular weight excluding hydrogens is 262 g/mol. The zero-order chi connectivity index (χ0) is 15.1. The molecule has 3 nitrogen and oxygen atoms in total. The average molecular weight is 283 g/mol. The van der Waals surface area contributed by atoms with Gasteiger partial charge in [-0.3, -0.25) is 0 Å². The molecule has 0 aliphatic carbocycles. The number of rotatable bonds is 5. The number of amides is 1. The summed E-state index contributed by atoms with van der Waals surface area (Å²) in [6.07, 6.45) is 0.535.